The lowest BCUT2D eigenvalue weighted by atomic mass is 10.2. The first-order valence-corrected chi connectivity index (χ1v) is 4.16. The molecule has 3 heteroatoms. The number of imidazole rings is 1. The Morgan fingerprint density at radius 1 is 1.69 bits per heavy atom. The van der Waals surface area contributed by atoms with Crippen LogP contribution in [0.1, 0.15) is 12.6 Å². The number of aliphatic hydroxyl groups is 1. The zero-order valence-electron chi connectivity index (χ0n) is 7.94. The van der Waals surface area contributed by atoms with E-state index in [1.165, 1.54) is 0 Å². The molecule has 13 heavy (non-hydrogen) atoms. The molecule has 0 unspecified atom stereocenters. The van der Waals surface area contributed by atoms with E-state index in [4.69, 9.17) is 5.11 Å². The number of allylic oxidation sites excluding steroid dienone is 2. The smallest absolute Gasteiger partial charge is 0.0950 e. The van der Waals surface area contributed by atoms with E-state index in [-0.39, 0.29) is 6.61 Å². The molecule has 0 aliphatic heterocycles. The van der Waals surface area contributed by atoms with Crippen LogP contribution in [0.25, 0.3) is 6.08 Å². The van der Waals surface area contributed by atoms with Crippen molar-refractivity contribution in [2.45, 2.75) is 6.92 Å². The zero-order chi connectivity index (χ0) is 9.68. The van der Waals surface area contributed by atoms with Gasteiger partial charge in [-0.05, 0) is 13.0 Å². The average Bonchev–Trinajstić information content (AvgIpc) is 2.49. The second-order valence-corrected chi connectivity index (χ2v) is 2.93. The van der Waals surface area contributed by atoms with Crippen LogP contribution in [0, 0.1) is 0 Å². The topological polar surface area (TPSA) is 38.0 Å². The SMILES string of the molecule is CC(=C/CO)/C=C/c1cn(C)cn1. The maximum atomic E-state index is 8.61. The summed E-state index contributed by atoms with van der Waals surface area (Å²) in [5.41, 5.74) is 1.96. The summed E-state index contributed by atoms with van der Waals surface area (Å²) in [7, 11) is 1.93. The monoisotopic (exact) mass is 178 g/mol. The largest absolute Gasteiger partial charge is 0.392 e. The fourth-order valence-corrected chi connectivity index (χ4v) is 0.948. The molecule has 0 aliphatic rings. The van der Waals surface area contributed by atoms with Crippen molar-refractivity contribution in [3.05, 3.63) is 35.9 Å². The summed E-state index contributed by atoms with van der Waals surface area (Å²) in [5.74, 6) is 0. The molecule has 0 amide bonds. The van der Waals surface area contributed by atoms with E-state index < -0.39 is 0 Å². The number of nitrogens with zero attached hydrogens (tertiary/aromatic N) is 2. The van der Waals surface area contributed by atoms with E-state index in [1.54, 1.807) is 12.4 Å². The third-order valence-corrected chi connectivity index (χ3v) is 1.66. The summed E-state index contributed by atoms with van der Waals surface area (Å²) in [6.07, 6.45) is 9.28. The van der Waals surface area contributed by atoms with Crippen LogP contribution in [0.5, 0.6) is 0 Å². The standard InChI is InChI=1S/C10H14N2O/c1-9(5-6-13)3-4-10-7-12(2)8-11-10/h3-5,7-8,13H,6H2,1-2H3/b4-3+,9-5-. The molecule has 0 radical (unpaired) electrons. The van der Waals surface area contributed by atoms with Gasteiger partial charge in [0.2, 0.25) is 0 Å². The summed E-state index contributed by atoms with van der Waals surface area (Å²) in [6, 6.07) is 0. The summed E-state index contributed by atoms with van der Waals surface area (Å²) in [5, 5.41) is 8.61. The van der Waals surface area contributed by atoms with Crippen molar-refractivity contribution >= 4 is 6.08 Å². The lowest BCUT2D eigenvalue weighted by Gasteiger charge is -1.88. The summed E-state index contributed by atoms with van der Waals surface area (Å²) in [4.78, 5) is 4.13. The second kappa shape index (κ2) is 4.62. The van der Waals surface area contributed by atoms with Gasteiger partial charge in [0, 0.05) is 13.2 Å². The Morgan fingerprint density at radius 3 is 3.00 bits per heavy atom. The van der Waals surface area contributed by atoms with E-state index in [1.807, 2.05) is 36.9 Å². The first-order valence-electron chi connectivity index (χ1n) is 4.16. The Morgan fingerprint density at radius 2 is 2.46 bits per heavy atom. The van der Waals surface area contributed by atoms with Crippen LogP contribution >= 0.6 is 0 Å². The van der Waals surface area contributed by atoms with Crippen LogP contribution in [0.4, 0.5) is 0 Å². The normalized spacial score (nSPS) is 12.7. The molecule has 0 fully saturated rings. The maximum Gasteiger partial charge on any atom is 0.0950 e. The molecule has 1 N–H and O–H groups in total. The maximum absolute atomic E-state index is 8.61. The van der Waals surface area contributed by atoms with E-state index in [2.05, 4.69) is 4.98 Å². The number of aliphatic hydroxyl groups excluding tert-OH is 1. The fourth-order valence-electron chi connectivity index (χ4n) is 0.948. The highest BCUT2D eigenvalue weighted by Crippen LogP contribution is 2.01. The van der Waals surface area contributed by atoms with Crippen LogP contribution in [0.15, 0.2) is 30.2 Å². The van der Waals surface area contributed by atoms with Gasteiger partial charge in [0.1, 0.15) is 0 Å². The number of aromatic nitrogens is 2. The van der Waals surface area contributed by atoms with Gasteiger partial charge in [0.25, 0.3) is 0 Å². The molecule has 0 saturated heterocycles. The Hall–Kier alpha value is -1.35. The van der Waals surface area contributed by atoms with Crippen molar-refractivity contribution in [1.82, 2.24) is 9.55 Å². The van der Waals surface area contributed by atoms with Crippen LogP contribution in [0.2, 0.25) is 0 Å². The van der Waals surface area contributed by atoms with Gasteiger partial charge in [-0.15, -0.1) is 0 Å². The second-order valence-electron chi connectivity index (χ2n) is 2.93. The summed E-state index contributed by atoms with van der Waals surface area (Å²) in [6.45, 7) is 2.02. The Kier molecular flexibility index (Phi) is 3.46. The molecule has 1 heterocycles. The minimum atomic E-state index is 0.0817. The molecular weight excluding hydrogens is 164 g/mol. The van der Waals surface area contributed by atoms with Crippen LogP contribution in [-0.4, -0.2) is 21.3 Å². The Balaban J connectivity index is 2.63. The minimum absolute atomic E-state index is 0.0817. The lowest BCUT2D eigenvalue weighted by molar-refractivity contribution is 0.342. The van der Waals surface area contributed by atoms with Crippen molar-refractivity contribution in [3.63, 3.8) is 0 Å². The molecule has 70 valence electrons. The zero-order valence-corrected chi connectivity index (χ0v) is 7.94. The van der Waals surface area contributed by atoms with Crippen molar-refractivity contribution < 1.29 is 5.11 Å². The first kappa shape index (κ1) is 9.74. The minimum Gasteiger partial charge on any atom is -0.392 e. The van der Waals surface area contributed by atoms with Gasteiger partial charge in [-0.25, -0.2) is 4.98 Å². The third-order valence-electron chi connectivity index (χ3n) is 1.66. The highest BCUT2D eigenvalue weighted by atomic mass is 16.2. The quantitative estimate of drug-likeness (QED) is 0.710. The predicted molar refractivity (Wildman–Crippen MR) is 53.1 cm³/mol. The Bertz CT molecular complexity index is 323. The molecule has 0 aromatic carbocycles. The fraction of sp³-hybridized carbons (Fsp3) is 0.300. The van der Waals surface area contributed by atoms with Crippen LogP contribution in [0.3, 0.4) is 0 Å². The van der Waals surface area contributed by atoms with Gasteiger partial charge in [0.05, 0.1) is 18.6 Å². The summed E-state index contributed by atoms with van der Waals surface area (Å²) >= 11 is 0. The first-order chi connectivity index (χ1) is 6.22. The number of rotatable bonds is 3. The van der Waals surface area contributed by atoms with Gasteiger partial charge in [0.15, 0.2) is 0 Å². The predicted octanol–water partition coefficient (Wildman–Crippen LogP) is 1.37. The molecule has 0 saturated carbocycles. The third kappa shape index (κ3) is 3.25. The highest BCUT2D eigenvalue weighted by Gasteiger charge is 1.89. The van der Waals surface area contributed by atoms with Crippen LogP contribution in [-0.2, 0) is 7.05 Å². The van der Waals surface area contributed by atoms with Crippen molar-refractivity contribution in [2.24, 2.45) is 7.05 Å². The van der Waals surface area contributed by atoms with Crippen LogP contribution < -0.4 is 0 Å². The molecule has 0 atom stereocenters. The van der Waals surface area contributed by atoms with Gasteiger partial charge in [-0.2, -0.15) is 0 Å². The summed E-state index contributed by atoms with van der Waals surface area (Å²) < 4.78 is 1.89. The van der Waals surface area contributed by atoms with E-state index in [0.717, 1.165) is 11.3 Å². The lowest BCUT2D eigenvalue weighted by Crippen LogP contribution is -1.77. The molecule has 0 spiro atoms. The average molecular weight is 178 g/mol. The number of hydrogen-bond donors (Lipinski definition) is 1. The van der Waals surface area contributed by atoms with Gasteiger partial charge >= 0.3 is 0 Å². The number of aryl methyl sites for hydroxylation is 1. The van der Waals surface area contributed by atoms with Crippen molar-refractivity contribution in [1.29, 1.82) is 0 Å². The van der Waals surface area contributed by atoms with Gasteiger partial charge < -0.3 is 9.67 Å². The molecule has 0 aliphatic carbocycles. The molecule has 3 nitrogen and oxygen atoms in total. The molecule has 0 bridgehead atoms. The molecule has 1 aromatic heterocycles. The van der Waals surface area contributed by atoms with Crippen molar-refractivity contribution in [3.8, 4) is 0 Å². The molecular formula is C10H14N2O. The number of hydrogen-bond acceptors (Lipinski definition) is 2. The van der Waals surface area contributed by atoms with Gasteiger partial charge in [-0.1, -0.05) is 17.7 Å². The van der Waals surface area contributed by atoms with E-state index in [9.17, 15) is 0 Å². The molecule has 1 rings (SSSR count). The molecule has 1 aromatic rings. The highest BCUT2D eigenvalue weighted by molar-refractivity contribution is 5.47. The van der Waals surface area contributed by atoms with E-state index in [0.29, 0.717) is 0 Å². The van der Waals surface area contributed by atoms with E-state index >= 15 is 0 Å². The Labute approximate surface area is 78.0 Å². The van der Waals surface area contributed by atoms with Gasteiger partial charge in [-0.3, -0.25) is 0 Å². The van der Waals surface area contributed by atoms with Crippen molar-refractivity contribution in [2.75, 3.05) is 6.61 Å².